The lowest BCUT2D eigenvalue weighted by Crippen LogP contribution is -2.50. The molecule has 1 N–H and O–H groups in total. The van der Waals surface area contributed by atoms with E-state index in [0.717, 1.165) is 5.56 Å². The number of benzene rings is 2. The molecule has 6 heteroatoms. The maximum absolute atomic E-state index is 12.9. The predicted octanol–water partition coefficient (Wildman–Crippen LogP) is 3.31. The van der Waals surface area contributed by atoms with Crippen molar-refractivity contribution in [1.82, 2.24) is 10.2 Å². The third-order valence-corrected chi connectivity index (χ3v) is 4.76. The molecule has 6 nitrogen and oxygen atoms in total. The lowest BCUT2D eigenvalue weighted by molar-refractivity contribution is -0.141. The van der Waals surface area contributed by atoms with Gasteiger partial charge in [-0.15, -0.1) is 0 Å². The lowest BCUT2D eigenvalue weighted by Gasteiger charge is -2.29. The zero-order chi connectivity index (χ0) is 21.9. The monoisotopic (exact) mass is 412 g/mol. The SMILES string of the molecule is COc1ccc(OCC(=O)N(CCc2ccccc2)[C@H](C)C(=O)NCC(C)C)cc1. The van der Waals surface area contributed by atoms with E-state index < -0.39 is 6.04 Å². The molecule has 0 saturated heterocycles. The Labute approximate surface area is 179 Å². The molecule has 0 fully saturated rings. The highest BCUT2D eigenvalue weighted by molar-refractivity contribution is 5.88. The molecule has 0 aromatic heterocycles. The van der Waals surface area contributed by atoms with Crippen LogP contribution >= 0.6 is 0 Å². The van der Waals surface area contributed by atoms with Crippen LogP contribution in [0.5, 0.6) is 11.5 Å². The van der Waals surface area contributed by atoms with Crippen molar-refractivity contribution in [3.05, 3.63) is 60.2 Å². The van der Waals surface area contributed by atoms with E-state index in [-0.39, 0.29) is 18.4 Å². The van der Waals surface area contributed by atoms with E-state index in [1.807, 2.05) is 44.2 Å². The Morgan fingerprint density at radius 1 is 0.967 bits per heavy atom. The van der Waals surface area contributed by atoms with Crippen LogP contribution in [-0.4, -0.2) is 49.6 Å². The molecule has 0 aliphatic carbocycles. The zero-order valence-corrected chi connectivity index (χ0v) is 18.3. The average molecular weight is 413 g/mol. The molecule has 0 heterocycles. The highest BCUT2D eigenvalue weighted by Gasteiger charge is 2.26. The van der Waals surface area contributed by atoms with Crippen LogP contribution in [0.3, 0.4) is 0 Å². The van der Waals surface area contributed by atoms with Gasteiger partial charge in [-0.1, -0.05) is 44.2 Å². The quantitative estimate of drug-likeness (QED) is 0.615. The van der Waals surface area contributed by atoms with Crippen LogP contribution in [-0.2, 0) is 16.0 Å². The molecular formula is C24H32N2O4. The molecule has 1 atom stereocenters. The summed E-state index contributed by atoms with van der Waals surface area (Å²) in [4.78, 5) is 27.1. The fourth-order valence-electron chi connectivity index (χ4n) is 2.92. The van der Waals surface area contributed by atoms with E-state index in [0.29, 0.717) is 36.9 Å². The van der Waals surface area contributed by atoms with E-state index >= 15 is 0 Å². The fourth-order valence-corrected chi connectivity index (χ4v) is 2.92. The molecule has 0 unspecified atom stereocenters. The summed E-state index contributed by atoms with van der Waals surface area (Å²) in [5, 5.41) is 2.91. The highest BCUT2D eigenvalue weighted by atomic mass is 16.5. The average Bonchev–Trinajstić information content (AvgIpc) is 2.77. The van der Waals surface area contributed by atoms with Gasteiger partial charge < -0.3 is 19.7 Å². The first-order valence-corrected chi connectivity index (χ1v) is 10.3. The number of methoxy groups -OCH3 is 1. The molecule has 2 aromatic carbocycles. The van der Waals surface area contributed by atoms with Crippen molar-refractivity contribution in [2.45, 2.75) is 33.2 Å². The number of hydrogen-bond donors (Lipinski definition) is 1. The summed E-state index contributed by atoms with van der Waals surface area (Å²) in [6, 6.07) is 16.4. The van der Waals surface area contributed by atoms with Crippen molar-refractivity contribution < 1.29 is 19.1 Å². The van der Waals surface area contributed by atoms with Crippen LogP contribution in [0.1, 0.15) is 26.3 Å². The predicted molar refractivity (Wildman–Crippen MR) is 118 cm³/mol. The van der Waals surface area contributed by atoms with E-state index in [1.54, 1.807) is 43.2 Å². The van der Waals surface area contributed by atoms with Crippen molar-refractivity contribution in [2.24, 2.45) is 5.92 Å². The summed E-state index contributed by atoms with van der Waals surface area (Å²) >= 11 is 0. The van der Waals surface area contributed by atoms with Gasteiger partial charge in [0, 0.05) is 13.1 Å². The van der Waals surface area contributed by atoms with Gasteiger partial charge in [0.25, 0.3) is 5.91 Å². The maximum atomic E-state index is 12.9. The Bertz CT molecular complexity index is 791. The second-order valence-electron chi connectivity index (χ2n) is 7.60. The summed E-state index contributed by atoms with van der Waals surface area (Å²) < 4.78 is 10.8. The molecule has 30 heavy (non-hydrogen) atoms. The Balaban J connectivity index is 2.03. The number of hydrogen-bond acceptors (Lipinski definition) is 4. The highest BCUT2D eigenvalue weighted by Crippen LogP contribution is 2.17. The van der Waals surface area contributed by atoms with Crippen LogP contribution in [0.4, 0.5) is 0 Å². The Morgan fingerprint density at radius 2 is 1.60 bits per heavy atom. The first-order chi connectivity index (χ1) is 14.4. The maximum Gasteiger partial charge on any atom is 0.261 e. The zero-order valence-electron chi connectivity index (χ0n) is 18.3. The molecule has 0 aliphatic rings. The minimum atomic E-state index is -0.584. The third kappa shape index (κ3) is 7.43. The Hall–Kier alpha value is -3.02. The largest absolute Gasteiger partial charge is 0.497 e. The van der Waals surface area contributed by atoms with Crippen molar-refractivity contribution in [2.75, 3.05) is 26.8 Å². The summed E-state index contributed by atoms with van der Waals surface area (Å²) in [6.45, 7) is 6.70. The second kappa shape index (κ2) is 11.9. The summed E-state index contributed by atoms with van der Waals surface area (Å²) in [5.41, 5.74) is 1.11. The van der Waals surface area contributed by atoms with Gasteiger partial charge in [-0.2, -0.15) is 0 Å². The van der Waals surface area contributed by atoms with Gasteiger partial charge >= 0.3 is 0 Å². The van der Waals surface area contributed by atoms with Crippen LogP contribution < -0.4 is 14.8 Å². The standard InChI is InChI=1S/C24H32N2O4/c1-18(2)16-25-24(28)19(3)26(15-14-20-8-6-5-7-9-20)23(27)17-30-22-12-10-21(29-4)11-13-22/h5-13,18-19H,14-17H2,1-4H3,(H,25,28)/t19-/m1/s1. The van der Waals surface area contributed by atoms with E-state index in [9.17, 15) is 9.59 Å². The van der Waals surface area contributed by atoms with E-state index in [2.05, 4.69) is 5.32 Å². The first kappa shape index (κ1) is 23.3. The molecule has 0 saturated carbocycles. The molecule has 2 aromatic rings. The molecule has 0 radical (unpaired) electrons. The molecular weight excluding hydrogens is 380 g/mol. The van der Waals surface area contributed by atoms with Gasteiger partial charge in [-0.25, -0.2) is 0 Å². The molecule has 0 aliphatic heterocycles. The van der Waals surface area contributed by atoms with Gasteiger partial charge in [0.1, 0.15) is 17.5 Å². The van der Waals surface area contributed by atoms with Crippen LogP contribution in [0.2, 0.25) is 0 Å². The summed E-state index contributed by atoms with van der Waals surface area (Å²) in [6.07, 6.45) is 0.664. The van der Waals surface area contributed by atoms with Gasteiger partial charge in [0.15, 0.2) is 6.61 Å². The molecule has 0 spiro atoms. The van der Waals surface area contributed by atoms with Gasteiger partial charge in [0.05, 0.1) is 7.11 Å². The van der Waals surface area contributed by atoms with Crippen LogP contribution in [0.15, 0.2) is 54.6 Å². The summed E-state index contributed by atoms with van der Waals surface area (Å²) in [7, 11) is 1.59. The van der Waals surface area contributed by atoms with Crippen molar-refractivity contribution in [3.8, 4) is 11.5 Å². The van der Waals surface area contributed by atoms with Gasteiger partial charge in [-0.3, -0.25) is 9.59 Å². The van der Waals surface area contributed by atoms with Gasteiger partial charge in [-0.05, 0) is 49.1 Å². The minimum absolute atomic E-state index is 0.136. The normalized spacial score (nSPS) is 11.6. The van der Waals surface area contributed by atoms with Crippen LogP contribution in [0.25, 0.3) is 0 Å². The van der Waals surface area contributed by atoms with Crippen LogP contribution in [0, 0.1) is 5.92 Å². The summed E-state index contributed by atoms with van der Waals surface area (Å²) in [5.74, 6) is 1.24. The number of rotatable bonds is 11. The number of nitrogens with zero attached hydrogens (tertiary/aromatic N) is 1. The molecule has 2 amide bonds. The first-order valence-electron chi connectivity index (χ1n) is 10.3. The fraction of sp³-hybridized carbons (Fsp3) is 0.417. The smallest absolute Gasteiger partial charge is 0.261 e. The van der Waals surface area contributed by atoms with E-state index in [4.69, 9.17) is 9.47 Å². The minimum Gasteiger partial charge on any atom is -0.497 e. The molecule has 0 bridgehead atoms. The Morgan fingerprint density at radius 3 is 2.20 bits per heavy atom. The van der Waals surface area contributed by atoms with E-state index in [1.165, 1.54) is 0 Å². The number of carbonyl (C=O) groups excluding carboxylic acids is 2. The molecule has 2 rings (SSSR count). The topological polar surface area (TPSA) is 67.9 Å². The van der Waals surface area contributed by atoms with Crippen molar-refractivity contribution >= 4 is 11.8 Å². The van der Waals surface area contributed by atoms with Crippen molar-refractivity contribution in [1.29, 1.82) is 0 Å². The number of nitrogens with one attached hydrogen (secondary N) is 1. The van der Waals surface area contributed by atoms with Gasteiger partial charge in [0.2, 0.25) is 5.91 Å². The number of amides is 2. The van der Waals surface area contributed by atoms with Crippen molar-refractivity contribution in [3.63, 3.8) is 0 Å². The number of ether oxygens (including phenoxy) is 2. The lowest BCUT2D eigenvalue weighted by atomic mass is 10.1. The molecule has 162 valence electrons. The Kier molecular flexibility index (Phi) is 9.19. The third-order valence-electron chi connectivity index (χ3n) is 4.76. The second-order valence-corrected chi connectivity index (χ2v) is 7.60. The number of carbonyl (C=O) groups is 2.